The molecule has 0 aliphatic carbocycles. The summed E-state index contributed by atoms with van der Waals surface area (Å²) in [5.74, 6) is 0.401. The molecule has 2 N–H and O–H groups in total. The molecule has 4 nitrogen and oxygen atoms in total. The lowest BCUT2D eigenvalue weighted by Gasteiger charge is -2.39. The standard InChI is InChI=1S/C13H18ClN3O/c1-9-3-2-6-17(12(9)7-15)13(18)10-4-5-16-8-11(10)14/h4-5,8-9,12H,2-3,6-7,15H2,1H3. The van der Waals surface area contributed by atoms with Gasteiger partial charge in [0.2, 0.25) is 0 Å². The highest BCUT2D eigenvalue weighted by Gasteiger charge is 2.31. The number of aromatic nitrogens is 1. The van der Waals surface area contributed by atoms with Gasteiger partial charge in [-0.25, -0.2) is 0 Å². The minimum atomic E-state index is -0.0376. The molecule has 1 saturated heterocycles. The fraction of sp³-hybridized carbons (Fsp3) is 0.538. The van der Waals surface area contributed by atoms with Crippen LogP contribution in [0.15, 0.2) is 18.5 Å². The van der Waals surface area contributed by atoms with Gasteiger partial charge in [-0.15, -0.1) is 0 Å². The summed E-state index contributed by atoms with van der Waals surface area (Å²) in [5.41, 5.74) is 6.31. The molecule has 1 amide bonds. The van der Waals surface area contributed by atoms with Gasteiger partial charge in [0.1, 0.15) is 0 Å². The molecule has 0 bridgehead atoms. The van der Waals surface area contributed by atoms with Crippen LogP contribution in [-0.4, -0.2) is 34.9 Å². The number of likely N-dealkylation sites (tertiary alicyclic amines) is 1. The van der Waals surface area contributed by atoms with E-state index in [1.165, 1.54) is 6.20 Å². The van der Waals surface area contributed by atoms with Crippen molar-refractivity contribution in [1.29, 1.82) is 0 Å². The maximum atomic E-state index is 12.5. The summed E-state index contributed by atoms with van der Waals surface area (Å²) in [4.78, 5) is 18.2. The second kappa shape index (κ2) is 5.67. The second-order valence-corrected chi connectivity index (χ2v) is 5.18. The molecular weight excluding hydrogens is 250 g/mol. The van der Waals surface area contributed by atoms with Crippen LogP contribution in [0.2, 0.25) is 5.02 Å². The zero-order valence-corrected chi connectivity index (χ0v) is 11.2. The fourth-order valence-electron chi connectivity index (χ4n) is 2.56. The van der Waals surface area contributed by atoms with Crippen molar-refractivity contribution >= 4 is 17.5 Å². The lowest BCUT2D eigenvalue weighted by Crippen LogP contribution is -2.51. The molecule has 1 aliphatic heterocycles. The minimum Gasteiger partial charge on any atom is -0.334 e. The summed E-state index contributed by atoms with van der Waals surface area (Å²) in [6.45, 7) is 3.39. The van der Waals surface area contributed by atoms with E-state index in [9.17, 15) is 4.79 Å². The average Bonchev–Trinajstić information content (AvgIpc) is 2.38. The highest BCUT2D eigenvalue weighted by molar-refractivity contribution is 6.33. The third-order valence-corrected chi connectivity index (χ3v) is 3.92. The van der Waals surface area contributed by atoms with Gasteiger partial charge in [-0.1, -0.05) is 18.5 Å². The smallest absolute Gasteiger partial charge is 0.255 e. The molecule has 0 spiro atoms. The molecule has 2 rings (SSSR count). The quantitative estimate of drug-likeness (QED) is 0.891. The van der Waals surface area contributed by atoms with Gasteiger partial charge in [0, 0.05) is 31.5 Å². The van der Waals surface area contributed by atoms with E-state index in [2.05, 4.69) is 11.9 Å². The Labute approximate surface area is 112 Å². The number of nitrogens with two attached hydrogens (primary N) is 1. The van der Waals surface area contributed by atoms with Crippen LogP contribution in [0.5, 0.6) is 0 Å². The van der Waals surface area contributed by atoms with Crippen molar-refractivity contribution in [2.45, 2.75) is 25.8 Å². The van der Waals surface area contributed by atoms with Crippen LogP contribution in [0.1, 0.15) is 30.1 Å². The molecule has 1 aliphatic rings. The Balaban J connectivity index is 2.25. The van der Waals surface area contributed by atoms with Crippen LogP contribution in [-0.2, 0) is 0 Å². The molecule has 2 atom stereocenters. The first-order valence-corrected chi connectivity index (χ1v) is 6.63. The fourth-order valence-corrected chi connectivity index (χ4v) is 2.76. The highest BCUT2D eigenvalue weighted by Crippen LogP contribution is 2.26. The number of piperidine rings is 1. The van der Waals surface area contributed by atoms with Crippen molar-refractivity contribution in [3.8, 4) is 0 Å². The Bertz CT molecular complexity index is 438. The summed E-state index contributed by atoms with van der Waals surface area (Å²) in [7, 11) is 0. The summed E-state index contributed by atoms with van der Waals surface area (Å²) in [6.07, 6.45) is 5.23. The van der Waals surface area contributed by atoms with Gasteiger partial charge in [0.15, 0.2) is 0 Å². The van der Waals surface area contributed by atoms with Gasteiger partial charge in [-0.3, -0.25) is 9.78 Å². The van der Waals surface area contributed by atoms with Crippen molar-refractivity contribution < 1.29 is 4.79 Å². The molecule has 98 valence electrons. The van der Waals surface area contributed by atoms with E-state index >= 15 is 0 Å². The summed E-state index contributed by atoms with van der Waals surface area (Å²) >= 11 is 6.02. The first-order valence-electron chi connectivity index (χ1n) is 6.25. The molecule has 0 saturated carbocycles. The number of rotatable bonds is 2. The Kier molecular flexibility index (Phi) is 4.19. The van der Waals surface area contributed by atoms with E-state index in [0.717, 1.165) is 19.4 Å². The van der Waals surface area contributed by atoms with Crippen LogP contribution >= 0.6 is 11.6 Å². The minimum absolute atomic E-state index is 0.0376. The number of amides is 1. The number of pyridine rings is 1. The topological polar surface area (TPSA) is 59.2 Å². The number of halogens is 1. The molecule has 1 aromatic rings. The maximum absolute atomic E-state index is 12.5. The lowest BCUT2D eigenvalue weighted by atomic mass is 9.90. The number of carbonyl (C=O) groups excluding carboxylic acids is 1. The molecule has 2 heterocycles. The number of hydrogen-bond donors (Lipinski definition) is 1. The number of nitrogens with zero attached hydrogens (tertiary/aromatic N) is 2. The zero-order chi connectivity index (χ0) is 13.1. The Morgan fingerprint density at radius 1 is 1.67 bits per heavy atom. The second-order valence-electron chi connectivity index (χ2n) is 4.78. The van der Waals surface area contributed by atoms with Gasteiger partial charge in [-0.2, -0.15) is 0 Å². The zero-order valence-electron chi connectivity index (χ0n) is 10.5. The third-order valence-electron chi connectivity index (χ3n) is 3.62. The third kappa shape index (κ3) is 2.49. The van der Waals surface area contributed by atoms with Crippen molar-refractivity contribution in [1.82, 2.24) is 9.88 Å². The summed E-state index contributed by atoms with van der Waals surface area (Å²) in [5, 5.41) is 0.400. The van der Waals surface area contributed by atoms with E-state index < -0.39 is 0 Å². The molecule has 1 fully saturated rings. The average molecular weight is 268 g/mol. The van der Waals surface area contributed by atoms with E-state index in [4.69, 9.17) is 17.3 Å². The largest absolute Gasteiger partial charge is 0.334 e. The normalized spacial score (nSPS) is 24.1. The van der Waals surface area contributed by atoms with Gasteiger partial charge in [-0.05, 0) is 24.8 Å². The van der Waals surface area contributed by atoms with Crippen LogP contribution in [0.4, 0.5) is 0 Å². The highest BCUT2D eigenvalue weighted by atomic mass is 35.5. The van der Waals surface area contributed by atoms with Crippen LogP contribution < -0.4 is 5.73 Å². The van der Waals surface area contributed by atoms with E-state index in [0.29, 0.717) is 23.0 Å². The Hall–Kier alpha value is -1.13. The molecule has 18 heavy (non-hydrogen) atoms. The van der Waals surface area contributed by atoms with Crippen LogP contribution in [0.3, 0.4) is 0 Å². The molecule has 1 aromatic heterocycles. The van der Waals surface area contributed by atoms with Crippen molar-refractivity contribution in [2.24, 2.45) is 11.7 Å². The Morgan fingerprint density at radius 3 is 3.11 bits per heavy atom. The number of carbonyl (C=O) groups is 1. The Morgan fingerprint density at radius 2 is 2.44 bits per heavy atom. The van der Waals surface area contributed by atoms with Gasteiger partial charge < -0.3 is 10.6 Å². The lowest BCUT2D eigenvalue weighted by molar-refractivity contribution is 0.0532. The molecule has 0 radical (unpaired) electrons. The SMILES string of the molecule is CC1CCCN(C(=O)c2ccncc2Cl)C1CN. The summed E-state index contributed by atoms with van der Waals surface area (Å²) in [6, 6.07) is 1.77. The van der Waals surface area contributed by atoms with E-state index in [1.54, 1.807) is 12.3 Å². The molecular formula is C13H18ClN3O. The van der Waals surface area contributed by atoms with Crippen molar-refractivity contribution in [3.63, 3.8) is 0 Å². The predicted molar refractivity (Wildman–Crippen MR) is 71.5 cm³/mol. The molecule has 2 unspecified atom stereocenters. The van der Waals surface area contributed by atoms with Crippen molar-refractivity contribution in [2.75, 3.05) is 13.1 Å². The first kappa shape index (κ1) is 13.3. The predicted octanol–water partition coefficient (Wildman–Crippen LogP) is 1.93. The number of hydrogen-bond acceptors (Lipinski definition) is 3. The monoisotopic (exact) mass is 267 g/mol. The maximum Gasteiger partial charge on any atom is 0.255 e. The van der Waals surface area contributed by atoms with Crippen LogP contribution in [0, 0.1) is 5.92 Å². The molecule has 0 aromatic carbocycles. The van der Waals surface area contributed by atoms with E-state index in [1.807, 2.05) is 4.90 Å². The van der Waals surface area contributed by atoms with Gasteiger partial charge >= 0.3 is 0 Å². The molecule has 5 heteroatoms. The first-order chi connectivity index (χ1) is 8.65. The van der Waals surface area contributed by atoms with Crippen molar-refractivity contribution in [3.05, 3.63) is 29.0 Å². The van der Waals surface area contributed by atoms with Gasteiger partial charge in [0.05, 0.1) is 10.6 Å². The summed E-state index contributed by atoms with van der Waals surface area (Å²) < 4.78 is 0. The van der Waals surface area contributed by atoms with E-state index in [-0.39, 0.29) is 11.9 Å². The van der Waals surface area contributed by atoms with Gasteiger partial charge in [0.25, 0.3) is 5.91 Å². The van der Waals surface area contributed by atoms with Crippen LogP contribution in [0.25, 0.3) is 0 Å².